The number of nitrogens with one attached hydrogen (secondary N) is 1. The van der Waals surface area contributed by atoms with Gasteiger partial charge < -0.3 is 11.1 Å². The fraction of sp³-hybridized carbons (Fsp3) is 0.385. The van der Waals surface area contributed by atoms with Crippen molar-refractivity contribution in [2.75, 3.05) is 11.9 Å². The normalized spacial score (nSPS) is 11.9. The number of benzene rings is 1. The van der Waals surface area contributed by atoms with Gasteiger partial charge in [-0.1, -0.05) is 6.92 Å². The van der Waals surface area contributed by atoms with E-state index in [9.17, 15) is 9.59 Å². The van der Waals surface area contributed by atoms with Gasteiger partial charge in [-0.15, -0.1) is 0 Å². The minimum absolute atomic E-state index is 0.0133. The van der Waals surface area contributed by atoms with E-state index in [0.717, 1.165) is 0 Å². The van der Waals surface area contributed by atoms with Crippen LogP contribution in [-0.4, -0.2) is 18.2 Å². The third kappa shape index (κ3) is 4.00. The van der Waals surface area contributed by atoms with E-state index in [4.69, 9.17) is 5.73 Å². The molecule has 17 heavy (non-hydrogen) atoms. The number of rotatable bonds is 5. The van der Waals surface area contributed by atoms with Crippen molar-refractivity contribution in [2.45, 2.75) is 20.3 Å². The SMILES string of the molecule is CC(=O)c1ccc(NC(=O)C(C)CCN)cc1. The fourth-order valence-corrected chi connectivity index (χ4v) is 1.43. The van der Waals surface area contributed by atoms with Crippen LogP contribution in [0.25, 0.3) is 0 Å². The summed E-state index contributed by atoms with van der Waals surface area (Å²) in [6, 6.07) is 6.85. The lowest BCUT2D eigenvalue weighted by Crippen LogP contribution is -2.22. The summed E-state index contributed by atoms with van der Waals surface area (Å²) in [7, 11) is 0. The smallest absolute Gasteiger partial charge is 0.227 e. The Morgan fingerprint density at radius 3 is 2.35 bits per heavy atom. The minimum atomic E-state index is -0.104. The maximum absolute atomic E-state index is 11.7. The highest BCUT2D eigenvalue weighted by molar-refractivity contribution is 5.96. The number of hydrogen-bond donors (Lipinski definition) is 2. The molecule has 1 amide bonds. The summed E-state index contributed by atoms with van der Waals surface area (Å²) in [6.07, 6.45) is 0.664. The van der Waals surface area contributed by atoms with Gasteiger partial charge in [-0.3, -0.25) is 9.59 Å². The molecule has 92 valence electrons. The van der Waals surface area contributed by atoms with Crippen LogP contribution in [-0.2, 0) is 4.79 Å². The van der Waals surface area contributed by atoms with Crippen molar-refractivity contribution < 1.29 is 9.59 Å². The number of ketones is 1. The first-order valence-electron chi connectivity index (χ1n) is 5.66. The second-order valence-electron chi connectivity index (χ2n) is 4.10. The summed E-state index contributed by atoms with van der Waals surface area (Å²) in [4.78, 5) is 22.8. The highest BCUT2D eigenvalue weighted by Crippen LogP contribution is 2.12. The lowest BCUT2D eigenvalue weighted by atomic mass is 10.1. The predicted octanol–water partition coefficient (Wildman–Crippen LogP) is 1.81. The molecule has 0 saturated carbocycles. The molecule has 4 heteroatoms. The van der Waals surface area contributed by atoms with E-state index in [2.05, 4.69) is 5.32 Å². The van der Waals surface area contributed by atoms with Gasteiger partial charge in [0, 0.05) is 17.2 Å². The number of Topliss-reactive ketones (excluding diaryl/α,β-unsaturated/α-hetero) is 1. The van der Waals surface area contributed by atoms with Crippen molar-refractivity contribution in [3.63, 3.8) is 0 Å². The third-order valence-corrected chi connectivity index (χ3v) is 2.61. The summed E-state index contributed by atoms with van der Waals surface area (Å²) in [5, 5.41) is 2.79. The predicted molar refractivity (Wildman–Crippen MR) is 67.9 cm³/mol. The first-order valence-corrected chi connectivity index (χ1v) is 5.66. The van der Waals surface area contributed by atoms with Crippen molar-refractivity contribution in [3.05, 3.63) is 29.8 Å². The van der Waals surface area contributed by atoms with Crippen LogP contribution >= 0.6 is 0 Å². The lowest BCUT2D eigenvalue weighted by Gasteiger charge is -2.11. The van der Waals surface area contributed by atoms with E-state index < -0.39 is 0 Å². The monoisotopic (exact) mass is 234 g/mol. The van der Waals surface area contributed by atoms with Gasteiger partial charge in [0.1, 0.15) is 0 Å². The Hall–Kier alpha value is -1.68. The fourth-order valence-electron chi connectivity index (χ4n) is 1.43. The zero-order valence-corrected chi connectivity index (χ0v) is 10.2. The Labute approximate surface area is 101 Å². The maximum atomic E-state index is 11.7. The van der Waals surface area contributed by atoms with E-state index in [1.165, 1.54) is 6.92 Å². The first-order chi connectivity index (χ1) is 8.04. The second kappa shape index (κ2) is 6.15. The Morgan fingerprint density at radius 1 is 1.29 bits per heavy atom. The van der Waals surface area contributed by atoms with Crippen molar-refractivity contribution >= 4 is 17.4 Å². The van der Waals surface area contributed by atoms with Gasteiger partial charge in [0.2, 0.25) is 5.91 Å². The number of carbonyl (C=O) groups excluding carboxylic acids is 2. The number of hydrogen-bond acceptors (Lipinski definition) is 3. The van der Waals surface area contributed by atoms with Crippen LogP contribution in [0.5, 0.6) is 0 Å². The zero-order valence-electron chi connectivity index (χ0n) is 10.2. The second-order valence-corrected chi connectivity index (χ2v) is 4.10. The van der Waals surface area contributed by atoms with Crippen molar-refractivity contribution in [2.24, 2.45) is 11.7 Å². The third-order valence-electron chi connectivity index (χ3n) is 2.61. The van der Waals surface area contributed by atoms with Crippen LogP contribution in [0.2, 0.25) is 0 Å². The molecule has 1 aromatic rings. The molecule has 0 aromatic heterocycles. The molecule has 0 radical (unpaired) electrons. The molecule has 0 fully saturated rings. The molecular weight excluding hydrogens is 216 g/mol. The largest absolute Gasteiger partial charge is 0.330 e. The van der Waals surface area contributed by atoms with Gasteiger partial charge in [0.05, 0.1) is 0 Å². The summed E-state index contributed by atoms with van der Waals surface area (Å²) in [5.41, 5.74) is 6.73. The summed E-state index contributed by atoms with van der Waals surface area (Å²) in [5.74, 6) is -0.141. The highest BCUT2D eigenvalue weighted by atomic mass is 16.1. The quantitative estimate of drug-likeness (QED) is 0.763. The first kappa shape index (κ1) is 13.4. The van der Waals surface area contributed by atoms with Gasteiger partial charge in [0.25, 0.3) is 0 Å². The molecule has 1 aromatic carbocycles. The highest BCUT2D eigenvalue weighted by Gasteiger charge is 2.11. The number of carbonyl (C=O) groups is 2. The van der Waals surface area contributed by atoms with E-state index in [1.54, 1.807) is 24.3 Å². The van der Waals surface area contributed by atoms with E-state index in [0.29, 0.717) is 24.2 Å². The maximum Gasteiger partial charge on any atom is 0.227 e. The Balaban J connectivity index is 2.63. The van der Waals surface area contributed by atoms with Crippen LogP contribution in [0.4, 0.5) is 5.69 Å². The standard InChI is InChI=1S/C13H18N2O2/c1-9(7-8-14)13(17)15-12-5-3-11(4-6-12)10(2)16/h3-6,9H,7-8,14H2,1-2H3,(H,15,17). The van der Waals surface area contributed by atoms with E-state index in [-0.39, 0.29) is 17.6 Å². The van der Waals surface area contributed by atoms with Crippen LogP contribution in [0.15, 0.2) is 24.3 Å². The molecule has 4 nitrogen and oxygen atoms in total. The van der Waals surface area contributed by atoms with Gasteiger partial charge in [-0.2, -0.15) is 0 Å². The Kier molecular flexibility index (Phi) is 4.84. The number of anilines is 1. The molecule has 0 aliphatic heterocycles. The molecule has 0 aliphatic rings. The van der Waals surface area contributed by atoms with Gasteiger partial charge in [-0.25, -0.2) is 0 Å². The van der Waals surface area contributed by atoms with Gasteiger partial charge >= 0.3 is 0 Å². The Morgan fingerprint density at radius 2 is 1.88 bits per heavy atom. The van der Waals surface area contributed by atoms with Crippen molar-refractivity contribution in [1.82, 2.24) is 0 Å². The number of nitrogens with two attached hydrogens (primary N) is 1. The van der Waals surface area contributed by atoms with Crippen LogP contribution in [0.3, 0.4) is 0 Å². The summed E-state index contributed by atoms with van der Waals surface area (Å²) in [6.45, 7) is 3.85. The Bertz CT molecular complexity index is 398. The molecule has 0 bridgehead atoms. The molecule has 1 unspecified atom stereocenters. The topological polar surface area (TPSA) is 72.2 Å². The van der Waals surface area contributed by atoms with Gasteiger partial charge in [-0.05, 0) is 44.2 Å². The molecule has 1 rings (SSSR count). The zero-order chi connectivity index (χ0) is 12.8. The van der Waals surface area contributed by atoms with Crippen LogP contribution in [0.1, 0.15) is 30.6 Å². The van der Waals surface area contributed by atoms with Crippen LogP contribution < -0.4 is 11.1 Å². The van der Waals surface area contributed by atoms with Crippen molar-refractivity contribution in [3.8, 4) is 0 Å². The van der Waals surface area contributed by atoms with Gasteiger partial charge in [0.15, 0.2) is 5.78 Å². The molecule has 0 aliphatic carbocycles. The molecule has 3 N–H and O–H groups in total. The molecule has 0 saturated heterocycles. The lowest BCUT2D eigenvalue weighted by molar-refractivity contribution is -0.119. The minimum Gasteiger partial charge on any atom is -0.330 e. The van der Waals surface area contributed by atoms with Crippen molar-refractivity contribution in [1.29, 1.82) is 0 Å². The average Bonchev–Trinajstić information content (AvgIpc) is 2.30. The summed E-state index contributed by atoms with van der Waals surface area (Å²) < 4.78 is 0. The molecular formula is C13H18N2O2. The van der Waals surface area contributed by atoms with Crippen LogP contribution in [0, 0.1) is 5.92 Å². The summed E-state index contributed by atoms with van der Waals surface area (Å²) >= 11 is 0. The molecule has 0 heterocycles. The molecule has 1 atom stereocenters. The van der Waals surface area contributed by atoms with E-state index in [1.807, 2.05) is 6.92 Å². The van der Waals surface area contributed by atoms with E-state index >= 15 is 0 Å². The molecule has 0 spiro atoms. The number of amides is 1. The average molecular weight is 234 g/mol.